The van der Waals surface area contributed by atoms with Crippen LogP contribution in [0.25, 0.3) is 0 Å². The van der Waals surface area contributed by atoms with Gasteiger partial charge in [-0.2, -0.15) is 4.39 Å². The van der Waals surface area contributed by atoms with E-state index >= 15 is 0 Å². The third kappa shape index (κ3) is 5.47. The van der Waals surface area contributed by atoms with Gasteiger partial charge in [-0.3, -0.25) is 4.99 Å². The highest BCUT2D eigenvalue weighted by molar-refractivity contribution is 5.74. The highest BCUT2D eigenvalue weighted by Crippen LogP contribution is 2.07. The lowest BCUT2D eigenvalue weighted by Crippen LogP contribution is -2.11. The van der Waals surface area contributed by atoms with Gasteiger partial charge in [-0.15, -0.1) is 0 Å². The van der Waals surface area contributed by atoms with Crippen LogP contribution in [-0.4, -0.2) is 11.5 Å². The van der Waals surface area contributed by atoms with Gasteiger partial charge in [0.1, 0.15) is 0 Å². The summed E-state index contributed by atoms with van der Waals surface area (Å²) in [6.07, 6.45) is 0.400. The standard InChI is InChI=1S/C7H14FN/c1-5-6(8)9-7(2,3)4/h5H2,1-4H3. The van der Waals surface area contributed by atoms with Gasteiger partial charge in [0.25, 0.3) is 0 Å². The summed E-state index contributed by atoms with van der Waals surface area (Å²) in [5.41, 5.74) is -0.264. The zero-order chi connectivity index (χ0) is 7.49. The minimum Gasteiger partial charge on any atom is -0.256 e. The van der Waals surface area contributed by atoms with Crippen molar-refractivity contribution in [2.45, 2.75) is 39.7 Å². The molecule has 0 saturated carbocycles. The zero-order valence-corrected chi connectivity index (χ0v) is 6.53. The summed E-state index contributed by atoms with van der Waals surface area (Å²) in [5.74, 6) is -0.262. The van der Waals surface area contributed by atoms with Crippen molar-refractivity contribution in [3.8, 4) is 0 Å². The van der Waals surface area contributed by atoms with Crippen LogP contribution < -0.4 is 0 Å². The van der Waals surface area contributed by atoms with Crippen LogP contribution >= 0.6 is 0 Å². The molecule has 0 N–H and O–H groups in total. The Labute approximate surface area is 56.0 Å². The van der Waals surface area contributed by atoms with E-state index in [1.54, 1.807) is 6.92 Å². The molecule has 0 atom stereocenters. The lowest BCUT2D eigenvalue weighted by molar-refractivity contribution is 0.564. The summed E-state index contributed by atoms with van der Waals surface area (Å²) in [6, 6.07) is 0. The topological polar surface area (TPSA) is 12.4 Å². The van der Waals surface area contributed by atoms with Crippen molar-refractivity contribution >= 4 is 5.97 Å². The molecule has 0 unspecified atom stereocenters. The van der Waals surface area contributed by atoms with Gasteiger partial charge in [0.15, 0.2) is 5.97 Å². The van der Waals surface area contributed by atoms with Gasteiger partial charge < -0.3 is 0 Å². The van der Waals surface area contributed by atoms with Crippen LogP contribution in [0, 0.1) is 0 Å². The fourth-order valence-corrected chi connectivity index (χ4v) is 0.443. The maximum Gasteiger partial charge on any atom is 0.184 e. The Morgan fingerprint density at radius 3 is 2.00 bits per heavy atom. The second-order valence-corrected chi connectivity index (χ2v) is 3.01. The third-order valence-corrected chi connectivity index (χ3v) is 0.748. The maximum absolute atomic E-state index is 12.4. The molecule has 1 nitrogen and oxygen atoms in total. The van der Waals surface area contributed by atoms with Gasteiger partial charge in [-0.1, -0.05) is 6.92 Å². The van der Waals surface area contributed by atoms with Gasteiger partial charge in [0.05, 0.1) is 5.54 Å². The molecule has 0 aromatic rings. The van der Waals surface area contributed by atoms with Crippen molar-refractivity contribution in [1.29, 1.82) is 0 Å². The Morgan fingerprint density at radius 2 is 1.89 bits per heavy atom. The first kappa shape index (κ1) is 8.60. The van der Waals surface area contributed by atoms with Crippen LogP contribution in [0.2, 0.25) is 0 Å². The molecule has 54 valence electrons. The summed E-state index contributed by atoms with van der Waals surface area (Å²) in [4.78, 5) is 3.78. The second-order valence-electron chi connectivity index (χ2n) is 3.01. The van der Waals surface area contributed by atoms with Crippen molar-refractivity contribution in [2.75, 3.05) is 0 Å². The van der Waals surface area contributed by atoms with E-state index < -0.39 is 0 Å². The predicted octanol–water partition coefficient (Wildman–Crippen LogP) is 2.56. The van der Waals surface area contributed by atoms with E-state index in [1.807, 2.05) is 20.8 Å². The molecule has 0 radical (unpaired) electrons. The molecule has 0 spiro atoms. The van der Waals surface area contributed by atoms with Gasteiger partial charge >= 0.3 is 0 Å². The van der Waals surface area contributed by atoms with Crippen LogP contribution in [0.1, 0.15) is 34.1 Å². The summed E-state index contributed by atoms with van der Waals surface area (Å²) in [5, 5.41) is 0. The second kappa shape index (κ2) is 2.95. The Morgan fingerprint density at radius 1 is 1.44 bits per heavy atom. The fourth-order valence-electron chi connectivity index (χ4n) is 0.443. The SMILES string of the molecule is CCC(F)=NC(C)(C)C. The maximum atomic E-state index is 12.4. The normalized spacial score (nSPS) is 14.1. The number of halogens is 1. The molecule has 9 heavy (non-hydrogen) atoms. The highest BCUT2D eigenvalue weighted by atomic mass is 19.1. The number of hydrogen-bond acceptors (Lipinski definition) is 1. The van der Waals surface area contributed by atoms with E-state index in [1.165, 1.54) is 0 Å². The van der Waals surface area contributed by atoms with Crippen LogP contribution in [0.15, 0.2) is 4.99 Å². The fraction of sp³-hybridized carbons (Fsp3) is 0.857. The molecule has 0 rings (SSSR count). The first-order valence-corrected chi connectivity index (χ1v) is 3.20. The van der Waals surface area contributed by atoms with Crippen molar-refractivity contribution in [2.24, 2.45) is 4.99 Å². The van der Waals surface area contributed by atoms with Crippen LogP contribution in [-0.2, 0) is 0 Å². The van der Waals surface area contributed by atoms with Gasteiger partial charge in [0, 0.05) is 6.42 Å². The average molecular weight is 131 g/mol. The van der Waals surface area contributed by atoms with Crippen molar-refractivity contribution in [3.05, 3.63) is 0 Å². The molecule has 0 aliphatic carbocycles. The molecule has 0 aromatic heterocycles. The molecule has 0 aliphatic rings. The van der Waals surface area contributed by atoms with Gasteiger partial charge in [0.2, 0.25) is 0 Å². The molecule has 2 heteroatoms. The Balaban J connectivity index is 3.95. The first-order chi connectivity index (χ1) is 3.95. The summed E-state index contributed by atoms with van der Waals surface area (Å²) >= 11 is 0. The molecule has 0 aliphatic heterocycles. The minimum absolute atomic E-state index is 0.262. The monoisotopic (exact) mass is 131 g/mol. The van der Waals surface area contributed by atoms with Crippen LogP contribution in [0.3, 0.4) is 0 Å². The van der Waals surface area contributed by atoms with Crippen LogP contribution in [0.4, 0.5) is 4.39 Å². The molecule has 0 aromatic carbocycles. The van der Waals surface area contributed by atoms with Gasteiger partial charge in [-0.25, -0.2) is 0 Å². The Bertz CT molecular complexity index is 111. The molecule has 0 saturated heterocycles. The Hall–Kier alpha value is -0.400. The zero-order valence-electron chi connectivity index (χ0n) is 6.53. The van der Waals surface area contributed by atoms with Crippen molar-refractivity contribution in [1.82, 2.24) is 0 Å². The van der Waals surface area contributed by atoms with E-state index in [2.05, 4.69) is 4.99 Å². The number of nitrogens with zero attached hydrogens (tertiary/aromatic N) is 1. The number of rotatable bonds is 1. The van der Waals surface area contributed by atoms with Crippen LogP contribution in [0.5, 0.6) is 0 Å². The lowest BCUT2D eigenvalue weighted by atomic mass is 10.1. The molecular weight excluding hydrogens is 117 g/mol. The molecule has 0 amide bonds. The molecule has 0 fully saturated rings. The third-order valence-electron chi connectivity index (χ3n) is 0.748. The molecular formula is C7H14FN. The quantitative estimate of drug-likeness (QED) is 0.485. The highest BCUT2D eigenvalue weighted by Gasteiger charge is 2.07. The molecule has 0 bridgehead atoms. The van der Waals surface area contributed by atoms with Gasteiger partial charge in [-0.05, 0) is 20.8 Å². The minimum atomic E-state index is -0.264. The summed E-state index contributed by atoms with van der Waals surface area (Å²) < 4.78 is 12.4. The van der Waals surface area contributed by atoms with E-state index in [0.29, 0.717) is 6.42 Å². The number of aliphatic imine (C=N–C) groups is 1. The smallest absolute Gasteiger partial charge is 0.184 e. The van der Waals surface area contributed by atoms with E-state index in [9.17, 15) is 4.39 Å². The van der Waals surface area contributed by atoms with Crippen molar-refractivity contribution < 1.29 is 4.39 Å². The average Bonchev–Trinajstić information content (AvgIpc) is 1.62. The summed E-state index contributed by atoms with van der Waals surface area (Å²) in [6.45, 7) is 7.39. The lowest BCUT2D eigenvalue weighted by Gasteiger charge is -2.10. The van der Waals surface area contributed by atoms with E-state index in [4.69, 9.17) is 0 Å². The first-order valence-electron chi connectivity index (χ1n) is 3.20. The van der Waals surface area contributed by atoms with E-state index in [-0.39, 0.29) is 11.5 Å². The van der Waals surface area contributed by atoms with E-state index in [0.717, 1.165) is 0 Å². The van der Waals surface area contributed by atoms with Crippen molar-refractivity contribution in [3.63, 3.8) is 0 Å². The predicted molar refractivity (Wildman–Crippen MR) is 38.6 cm³/mol. The number of hydrogen-bond donors (Lipinski definition) is 0. The molecule has 0 heterocycles. The summed E-state index contributed by atoms with van der Waals surface area (Å²) in [7, 11) is 0. The largest absolute Gasteiger partial charge is 0.256 e. The Kier molecular flexibility index (Phi) is 2.82.